The minimum atomic E-state index is -0.421. The number of hydrogen-bond donors (Lipinski definition) is 0. The Bertz CT molecular complexity index is 579. The van der Waals surface area contributed by atoms with Crippen molar-refractivity contribution in [2.45, 2.75) is 26.8 Å². The molecule has 0 N–H and O–H groups in total. The molecule has 0 radical (unpaired) electrons. The summed E-state index contributed by atoms with van der Waals surface area (Å²) in [5.74, 6) is 0.573. The van der Waals surface area contributed by atoms with Crippen molar-refractivity contribution in [3.8, 4) is 0 Å². The second-order valence-electron chi connectivity index (χ2n) is 3.90. The average molecular weight is 344 g/mol. The van der Waals surface area contributed by atoms with Gasteiger partial charge in [-0.15, -0.1) is 21.5 Å². The molecule has 0 bridgehead atoms. The zero-order valence-electron chi connectivity index (χ0n) is 10.7. The molecule has 0 fully saturated rings. The number of aryl methyl sites for hydroxylation is 2. The van der Waals surface area contributed by atoms with Gasteiger partial charge in [0.15, 0.2) is 0 Å². The topological polar surface area (TPSA) is 57.0 Å². The van der Waals surface area contributed by atoms with Crippen LogP contribution in [0.2, 0.25) is 0 Å². The van der Waals surface area contributed by atoms with Crippen LogP contribution in [-0.2, 0) is 17.7 Å². The molecule has 0 amide bonds. The van der Waals surface area contributed by atoms with Gasteiger partial charge in [-0.25, -0.2) is 4.79 Å². The van der Waals surface area contributed by atoms with E-state index < -0.39 is 5.97 Å². The smallest absolute Gasteiger partial charge is 0.376 e. The van der Waals surface area contributed by atoms with Gasteiger partial charge in [0.2, 0.25) is 5.82 Å². The molecule has 0 aliphatic carbocycles. The first-order chi connectivity index (χ1) is 9.11. The molecule has 102 valence electrons. The van der Waals surface area contributed by atoms with Crippen molar-refractivity contribution < 1.29 is 9.53 Å². The number of carbonyl (C=O) groups excluding carboxylic acids is 1. The number of halogens is 1. The van der Waals surface area contributed by atoms with E-state index in [0.717, 1.165) is 16.0 Å². The maximum atomic E-state index is 11.7. The number of nitrogens with zero attached hydrogens (tertiary/aromatic N) is 3. The highest BCUT2D eigenvalue weighted by molar-refractivity contribution is 9.11. The molecule has 0 aliphatic heterocycles. The van der Waals surface area contributed by atoms with Crippen molar-refractivity contribution in [1.29, 1.82) is 0 Å². The van der Waals surface area contributed by atoms with Gasteiger partial charge in [-0.3, -0.25) is 0 Å². The molecule has 0 spiro atoms. The molecule has 0 aliphatic rings. The van der Waals surface area contributed by atoms with Crippen LogP contribution in [0.1, 0.15) is 28.2 Å². The Morgan fingerprint density at radius 2 is 2.26 bits per heavy atom. The Balaban J connectivity index is 2.11. The number of carbonyl (C=O) groups is 1. The van der Waals surface area contributed by atoms with E-state index in [2.05, 4.69) is 32.2 Å². The van der Waals surface area contributed by atoms with Gasteiger partial charge in [0.25, 0.3) is 0 Å². The minimum absolute atomic E-state index is 0.273. The van der Waals surface area contributed by atoms with E-state index in [1.165, 1.54) is 4.88 Å². The summed E-state index contributed by atoms with van der Waals surface area (Å²) in [6.45, 7) is 4.61. The Kier molecular flexibility index (Phi) is 4.71. The lowest BCUT2D eigenvalue weighted by atomic mass is 10.3. The third kappa shape index (κ3) is 3.42. The van der Waals surface area contributed by atoms with Crippen molar-refractivity contribution in [3.05, 3.63) is 32.4 Å². The van der Waals surface area contributed by atoms with Crippen LogP contribution < -0.4 is 0 Å². The van der Waals surface area contributed by atoms with E-state index >= 15 is 0 Å². The SMILES string of the molecule is CCOC(=O)c1nnc(C)n1CCc1ccc(Br)s1. The fourth-order valence-electron chi connectivity index (χ4n) is 1.70. The first-order valence-electron chi connectivity index (χ1n) is 5.93. The van der Waals surface area contributed by atoms with E-state index in [1.807, 2.05) is 13.0 Å². The molecule has 5 nitrogen and oxygen atoms in total. The van der Waals surface area contributed by atoms with Gasteiger partial charge in [0, 0.05) is 11.4 Å². The highest BCUT2D eigenvalue weighted by Gasteiger charge is 2.17. The van der Waals surface area contributed by atoms with Gasteiger partial charge in [0.1, 0.15) is 5.82 Å². The molecule has 2 rings (SSSR count). The number of thiophene rings is 1. The van der Waals surface area contributed by atoms with Crippen LogP contribution in [-0.4, -0.2) is 27.3 Å². The number of esters is 1. The van der Waals surface area contributed by atoms with Gasteiger partial charge in [-0.05, 0) is 48.3 Å². The normalized spacial score (nSPS) is 10.7. The van der Waals surface area contributed by atoms with Gasteiger partial charge >= 0.3 is 5.97 Å². The van der Waals surface area contributed by atoms with Gasteiger partial charge in [0.05, 0.1) is 10.4 Å². The molecule has 19 heavy (non-hydrogen) atoms. The largest absolute Gasteiger partial charge is 0.460 e. The van der Waals surface area contributed by atoms with Crippen LogP contribution in [0.15, 0.2) is 15.9 Å². The number of hydrogen-bond acceptors (Lipinski definition) is 5. The summed E-state index contributed by atoms with van der Waals surface area (Å²) in [5, 5.41) is 7.83. The molecule has 0 atom stereocenters. The lowest BCUT2D eigenvalue weighted by Crippen LogP contribution is -2.15. The van der Waals surface area contributed by atoms with Crippen molar-refractivity contribution in [3.63, 3.8) is 0 Å². The van der Waals surface area contributed by atoms with Gasteiger partial charge in [-0.1, -0.05) is 0 Å². The monoisotopic (exact) mass is 343 g/mol. The van der Waals surface area contributed by atoms with Gasteiger partial charge < -0.3 is 9.30 Å². The zero-order valence-corrected chi connectivity index (χ0v) is 13.1. The highest BCUT2D eigenvalue weighted by Crippen LogP contribution is 2.23. The molecule has 0 saturated heterocycles. The van der Waals surface area contributed by atoms with E-state index in [-0.39, 0.29) is 5.82 Å². The summed E-state index contributed by atoms with van der Waals surface area (Å²) in [5.41, 5.74) is 0. The third-order valence-corrected chi connectivity index (χ3v) is 4.29. The van der Waals surface area contributed by atoms with Gasteiger partial charge in [-0.2, -0.15) is 0 Å². The van der Waals surface area contributed by atoms with Crippen molar-refractivity contribution in [1.82, 2.24) is 14.8 Å². The van der Waals surface area contributed by atoms with E-state index in [1.54, 1.807) is 22.8 Å². The fourth-order valence-corrected chi connectivity index (χ4v) is 3.18. The van der Waals surface area contributed by atoms with E-state index in [4.69, 9.17) is 4.74 Å². The molecule has 2 aromatic rings. The Morgan fingerprint density at radius 3 is 2.89 bits per heavy atom. The summed E-state index contributed by atoms with van der Waals surface area (Å²) < 4.78 is 7.87. The Morgan fingerprint density at radius 1 is 1.47 bits per heavy atom. The molecular weight excluding hydrogens is 330 g/mol. The van der Waals surface area contributed by atoms with Crippen molar-refractivity contribution >= 4 is 33.2 Å². The lowest BCUT2D eigenvalue weighted by molar-refractivity contribution is 0.0505. The second kappa shape index (κ2) is 6.29. The third-order valence-electron chi connectivity index (χ3n) is 2.60. The molecule has 7 heteroatoms. The summed E-state index contributed by atoms with van der Waals surface area (Å²) in [4.78, 5) is 13.0. The average Bonchev–Trinajstić information content (AvgIpc) is 2.94. The standard InChI is InChI=1S/C12H14BrN3O2S/c1-3-18-12(17)11-15-14-8(2)16(11)7-6-9-4-5-10(13)19-9/h4-5H,3,6-7H2,1-2H3. The van der Waals surface area contributed by atoms with Crippen LogP contribution in [0.25, 0.3) is 0 Å². The van der Waals surface area contributed by atoms with Crippen LogP contribution in [0.5, 0.6) is 0 Å². The number of rotatable bonds is 5. The fraction of sp³-hybridized carbons (Fsp3) is 0.417. The minimum Gasteiger partial charge on any atom is -0.460 e. The number of ether oxygens (including phenoxy) is 1. The Labute approximate surface area is 123 Å². The first-order valence-corrected chi connectivity index (χ1v) is 7.54. The molecule has 0 unspecified atom stereocenters. The van der Waals surface area contributed by atoms with Crippen molar-refractivity contribution in [2.24, 2.45) is 0 Å². The van der Waals surface area contributed by atoms with Crippen LogP contribution in [0.3, 0.4) is 0 Å². The molecule has 2 heterocycles. The molecule has 0 aromatic carbocycles. The van der Waals surface area contributed by atoms with Crippen LogP contribution in [0.4, 0.5) is 0 Å². The lowest BCUT2D eigenvalue weighted by Gasteiger charge is -2.07. The predicted octanol–water partition coefficient (Wildman–Crippen LogP) is 2.83. The maximum absolute atomic E-state index is 11.7. The quantitative estimate of drug-likeness (QED) is 0.783. The predicted molar refractivity (Wildman–Crippen MR) is 76.4 cm³/mol. The Hall–Kier alpha value is -1.21. The molecule has 2 aromatic heterocycles. The molecular formula is C12H14BrN3O2S. The van der Waals surface area contributed by atoms with E-state index in [9.17, 15) is 4.79 Å². The zero-order chi connectivity index (χ0) is 13.8. The van der Waals surface area contributed by atoms with E-state index in [0.29, 0.717) is 13.2 Å². The summed E-state index contributed by atoms with van der Waals surface area (Å²) in [6, 6.07) is 4.09. The summed E-state index contributed by atoms with van der Waals surface area (Å²) in [6.07, 6.45) is 0.835. The first kappa shape index (κ1) is 14.2. The van der Waals surface area contributed by atoms with Crippen LogP contribution >= 0.6 is 27.3 Å². The van der Waals surface area contributed by atoms with Crippen LogP contribution in [0, 0.1) is 6.92 Å². The van der Waals surface area contributed by atoms with Crippen molar-refractivity contribution in [2.75, 3.05) is 6.61 Å². The number of aromatic nitrogens is 3. The second-order valence-corrected chi connectivity index (χ2v) is 6.45. The maximum Gasteiger partial charge on any atom is 0.376 e. The highest BCUT2D eigenvalue weighted by atomic mass is 79.9. The summed E-state index contributed by atoms with van der Waals surface area (Å²) in [7, 11) is 0. The molecule has 0 saturated carbocycles. The summed E-state index contributed by atoms with van der Waals surface area (Å²) >= 11 is 5.12.